The van der Waals surface area contributed by atoms with Gasteiger partial charge in [0.05, 0.1) is 17.3 Å². The van der Waals surface area contributed by atoms with E-state index in [4.69, 9.17) is 4.74 Å². The average molecular weight is 366 g/mol. The summed E-state index contributed by atoms with van der Waals surface area (Å²) >= 11 is 3.32. The zero-order valence-corrected chi connectivity index (χ0v) is 14.2. The highest BCUT2D eigenvalue weighted by molar-refractivity contribution is 9.10. The van der Waals surface area contributed by atoms with Gasteiger partial charge in [0.2, 0.25) is 0 Å². The minimum Gasteiger partial charge on any atom is -0.463 e. The molecule has 0 N–H and O–H groups in total. The average Bonchev–Trinajstić information content (AvgIpc) is 2.92. The zero-order chi connectivity index (χ0) is 15.4. The van der Waals surface area contributed by atoms with Gasteiger partial charge in [0.25, 0.3) is 0 Å². The number of piperidine rings is 1. The molecule has 1 saturated heterocycles. The van der Waals surface area contributed by atoms with Crippen molar-refractivity contribution in [2.45, 2.75) is 19.4 Å². The molecule has 1 aliphatic rings. The van der Waals surface area contributed by atoms with Gasteiger partial charge in [-0.15, -0.1) is 0 Å². The summed E-state index contributed by atoms with van der Waals surface area (Å²) in [6.45, 7) is 3.82. The summed E-state index contributed by atoms with van der Waals surface area (Å²) < 4.78 is 8.43. The van der Waals surface area contributed by atoms with Crippen molar-refractivity contribution in [2.75, 3.05) is 19.7 Å². The third kappa shape index (κ3) is 4.27. The molecule has 0 bridgehead atoms. The third-order valence-corrected chi connectivity index (χ3v) is 4.22. The summed E-state index contributed by atoms with van der Waals surface area (Å²) in [5.74, 6) is 0.526. The fourth-order valence-corrected chi connectivity index (χ4v) is 3.01. The number of rotatable bonds is 5. The molecule has 0 radical (unpaired) electrons. The molecular weight excluding hydrogens is 346 g/mol. The molecule has 2 aromatic heterocycles. The summed E-state index contributed by atoms with van der Waals surface area (Å²) in [5.41, 5.74) is 1.26. The molecule has 6 nitrogen and oxygen atoms in total. The number of ether oxygens (including phenoxy) is 1. The third-order valence-electron chi connectivity index (χ3n) is 3.81. The first-order chi connectivity index (χ1) is 10.7. The second-order valence-corrected chi connectivity index (χ2v) is 6.68. The summed E-state index contributed by atoms with van der Waals surface area (Å²) in [5, 5.41) is 4.23. The molecule has 0 amide bonds. The minimum atomic E-state index is 0.451. The van der Waals surface area contributed by atoms with Crippen molar-refractivity contribution in [1.29, 1.82) is 0 Å². The van der Waals surface area contributed by atoms with Crippen LogP contribution in [-0.4, -0.2) is 44.3 Å². The largest absolute Gasteiger partial charge is 0.463 e. The second kappa shape index (κ2) is 7.19. The Hall–Kier alpha value is -1.47. The van der Waals surface area contributed by atoms with Crippen LogP contribution in [0.3, 0.4) is 0 Å². The van der Waals surface area contributed by atoms with Gasteiger partial charge in [-0.05, 0) is 35.3 Å². The molecule has 22 heavy (non-hydrogen) atoms. The Morgan fingerprint density at radius 2 is 2.14 bits per heavy atom. The van der Waals surface area contributed by atoms with Gasteiger partial charge in [-0.3, -0.25) is 9.58 Å². The van der Waals surface area contributed by atoms with Crippen LogP contribution in [0.2, 0.25) is 0 Å². The standard InChI is InChI=1S/C15H20BrN5O/c1-20-8-13(5-19-20)10-21-4-2-3-12(9-21)11-22-15-17-6-14(16)7-18-15/h5-8,12H,2-4,9-11H2,1H3. The van der Waals surface area contributed by atoms with Gasteiger partial charge in [0.15, 0.2) is 0 Å². The van der Waals surface area contributed by atoms with E-state index in [0.29, 0.717) is 18.5 Å². The van der Waals surface area contributed by atoms with Crippen molar-refractivity contribution >= 4 is 15.9 Å². The van der Waals surface area contributed by atoms with E-state index in [2.05, 4.69) is 42.1 Å². The lowest BCUT2D eigenvalue weighted by Crippen LogP contribution is -2.37. The van der Waals surface area contributed by atoms with Crippen LogP contribution in [0.25, 0.3) is 0 Å². The Morgan fingerprint density at radius 3 is 2.86 bits per heavy atom. The topological polar surface area (TPSA) is 56.1 Å². The number of aromatic nitrogens is 4. The Morgan fingerprint density at radius 1 is 1.32 bits per heavy atom. The summed E-state index contributed by atoms with van der Waals surface area (Å²) in [6, 6.07) is 0.451. The number of likely N-dealkylation sites (tertiary alicyclic amines) is 1. The van der Waals surface area contributed by atoms with E-state index in [9.17, 15) is 0 Å². The van der Waals surface area contributed by atoms with Crippen molar-refractivity contribution in [1.82, 2.24) is 24.6 Å². The maximum Gasteiger partial charge on any atom is 0.316 e. The number of hydrogen-bond acceptors (Lipinski definition) is 5. The van der Waals surface area contributed by atoms with Crippen LogP contribution in [0.15, 0.2) is 29.3 Å². The predicted octanol–water partition coefficient (Wildman–Crippen LogP) is 2.26. The molecule has 1 fully saturated rings. The van der Waals surface area contributed by atoms with E-state index in [-0.39, 0.29) is 0 Å². The molecule has 3 heterocycles. The van der Waals surface area contributed by atoms with Gasteiger partial charge in [0.1, 0.15) is 0 Å². The Bertz CT molecular complexity index is 600. The van der Waals surface area contributed by atoms with Crippen LogP contribution in [0.5, 0.6) is 6.01 Å². The summed E-state index contributed by atoms with van der Waals surface area (Å²) in [6.07, 6.45) is 9.83. The Balaban J connectivity index is 1.49. The van der Waals surface area contributed by atoms with Gasteiger partial charge >= 0.3 is 6.01 Å². The highest BCUT2D eigenvalue weighted by Gasteiger charge is 2.21. The molecule has 2 aromatic rings. The summed E-state index contributed by atoms with van der Waals surface area (Å²) in [4.78, 5) is 10.8. The van der Waals surface area contributed by atoms with Crippen molar-refractivity contribution in [2.24, 2.45) is 13.0 Å². The van der Waals surface area contributed by atoms with E-state index in [1.807, 2.05) is 17.9 Å². The summed E-state index contributed by atoms with van der Waals surface area (Å²) in [7, 11) is 1.95. The maximum absolute atomic E-state index is 5.72. The molecule has 118 valence electrons. The maximum atomic E-state index is 5.72. The number of hydrogen-bond donors (Lipinski definition) is 0. The van der Waals surface area contributed by atoms with Crippen LogP contribution in [0.4, 0.5) is 0 Å². The van der Waals surface area contributed by atoms with Crippen molar-refractivity contribution in [3.05, 3.63) is 34.8 Å². The Labute approximate surface area is 138 Å². The van der Waals surface area contributed by atoms with E-state index >= 15 is 0 Å². The number of aryl methyl sites for hydroxylation is 1. The first-order valence-corrected chi connectivity index (χ1v) is 8.28. The molecule has 0 spiro atoms. The lowest BCUT2D eigenvalue weighted by atomic mass is 9.99. The fraction of sp³-hybridized carbons (Fsp3) is 0.533. The molecule has 0 aliphatic carbocycles. The highest BCUT2D eigenvalue weighted by Crippen LogP contribution is 2.19. The van der Waals surface area contributed by atoms with Crippen LogP contribution >= 0.6 is 15.9 Å². The fourth-order valence-electron chi connectivity index (χ4n) is 2.81. The Kier molecular flexibility index (Phi) is 5.04. The first-order valence-electron chi connectivity index (χ1n) is 7.49. The van der Waals surface area contributed by atoms with Crippen LogP contribution in [0.1, 0.15) is 18.4 Å². The van der Waals surface area contributed by atoms with Crippen LogP contribution in [0, 0.1) is 5.92 Å². The molecule has 0 aromatic carbocycles. The quantitative estimate of drug-likeness (QED) is 0.813. The van der Waals surface area contributed by atoms with Gasteiger partial charge in [-0.25, -0.2) is 9.97 Å². The van der Waals surface area contributed by atoms with Gasteiger partial charge in [-0.1, -0.05) is 0 Å². The van der Waals surface area contributed by atoms with E-state index in [1.165, 1.54) is 18.4 Å². The van der Waals surface area contributed by atoms with Gasteiger partial charge in [0, 0.05) is 50.2 Å². The molecule has 7 heteroatoms. The first kappa shape index (κ1) is 15.4. The van der Waals surface area contributed by atoms with E-state index < -0.39 is 0 Å². The van der Waals surface area contributed by atoms with Crippen LogP contribution in [-0.2, 0) is 13.6 Å². The zero-order valence-electron chi connectivity index (χ0n) is 12.7. The van der Waals surface area contributed by atoms with Crippen LogP contribution < -0.4 is 4.74 Å². The number of nitrogens with zero attached hydrogens (tertiary/aromatic N) is 5. The monoisotopic (exact) mass is 365 g/mol. The van der Waals surface area contributed by atoms with E-state index in [1.54, 1.807) is 12.4 Å². The predicted molar refractivity (Wildman–Crippen MR) is 86.4 cm³/mol. The van der Waals surface area contributed by atoms with Gasteiger partial charge < -0.3 is 4.74 Å². The molecule has 3 rings (SSSR count). The SMILES string of the molecule is Cn1cc(CN2CCCC(COc3ncc(Br)cn3)C2)cn1. The highest BCUT2D eigenvalue weighted by atomic mass is 79.9. The lowest BCUT2D eigenvalue weighted by Gasteiger charge is -2.32. The van der Waals surface area contributed by atoms with Crippen molar-refractivity contribution < 1.29 is 4.74 Å². The normalized spacial score (nSPS) is 19.3. The molecule has 0 saturated carbocycles. The second-order valence-electron chi connectivity index (χ2n) is 5.76. The minimum absolute atomic E-state index is 0.451. The number of halogens is 1. The molecule has 1 atom stereocenters. The molecule has 1 aliphatic heterocycles. The lowest BCUT2D eigenvalue weighted by molar-refractivity contribution is 0.120. The van der Waals surface area contributed by atoms with Gasteiger partial charge in [-0.2, -0.15) is 5.10 Å². The smallest absolute Gasteiger partial charge is 0.316 e. The van der Waals surface area contributed by atoms with E-state index in [0.717, 1.165) is 24.1 Å². The van der Waals surface area contributed by atoms with Crippen molar-refractivity contribution in [3.63, 3.8) is 0 Å². The molecule has 1 unspecified atom stereocenters. The molecular formula is C15H20BrN5O. The van der Waals surface area contributed by atoms with Crippen molar-refractivity contribution in [3.8, 4) is 6.01 Å².